The summed E-state index contributed by atoms with van der Waals surface area (Å²) in [6, 6.07) is 4.83. The predicted octanol–water partition coefficient (Wildman–Crippen LogP) is 2.58. The van der Waals surface area contributed by atoms with Crippen LogP contribution in [0.25, 0.3) is 0 Å². The highest BCUT2D eigenvalue weighted by molar-refractivity contribution is 6.34. The van der Waals surface area contributed by atoms with Crippen LogP contribution in [0.3, 0.4) is 0 Å². The zero-order valence-electron chi connectivity index (χ0n) is 13.5. The molecule has 7 nitrogen and oxygen atoms in total. The van der Waals surface area contributed by atoms with Crippen molar-refractivity contribution in [2.75, 3.05) is 11.1 Å². The van der Waals surface area contributed by atoms with E-state index in [0.29, 0.717) is 17.2 Å². The lowest BCUT2D eigenvalue weighted by molar-refractivity contribution is 0.0877. The first-order valence-corrected chi connectivity index (χ1v) is 8.65. The molecular formula is C17H18ClN5O2. The van der Waals surface area contributed by atoms with Crippen LogP contribution in [0.2, 0.25) is 5.02 Å². The van der Waals surface area contributed by atoms with Crippen LogP contribution < -0.4 is 21.9 Å². The second kappa shape index (κ2) is 5.77. The van der Waals surface area contributed by atoms with E-state index in [1.54, 1.807) is 22.9 Å². The standard InChI is InChI=1S/C17H18ClN5O2/c18-11-9-12(21-10-4-7-20-13(19)8-10)16(25)23-14(11)15(24)22-17(23)5-2-1-3-6-17/h4,7-9H,1-3,5-6H2,(H,22,24)(H3,19,20,21). The lowest BCUT2D eigenvalue weighted by Crippen LogP contribution is -2.48. The van der Waals surface area contributed by atoms with Gasteiger partial charge in [-0.3, -0.25) is 14.2 Å². The van der Waals surface area contributed by atoms with Gasteiger partial charge in [0.05, 0.1) is 5.02 Å². The molecule has 1 aliphatic heterocycles. The molecule has 1 spiro atoms. The molecule has 8 heteroatoms. The zero-order chi connectivity index (χ0) is 17.6. The molecule has 0 atom stereocenters. The maximum atomic E-state index is 13.1. The molecule has 1 fully saturated rings. The maximum Gasteiger partial charge on any atom is 0.276 e. The number of aromatic nitrogens is 2. The fourth-order valence-electron chi connectivity index (χ4n) is 3.79. The van der Waals surface area contributed by atoms with Crippen LogP contribution in [0.15, 0.2) is 29.2 Å². The molecule has 0 aromatic carbocycles. The van der Waals surface area contributed by atoms with E-state index < -0.39 is 5.66 Å². The van der Waals surface area contributed by atoms with Gasteiger partial charge in [-0.15, -0.1) is 0 Å². The van der Waals surface area contributed by atoms with Gasteiger partial charge >= 0.3 is 0 Å². The average Bonchev–Trinajstić information content (AvgIpc) is 2.85. The lowest BCUT2D eigenvalue weighted by atomic mass is 9.89. The van der Waals surface area contributed by atoms with Crippen molar-refractivity contribution >= 4 is 34.7 Å². The topological polar surface area (TPSA) is 102 Å². The Bertz CT molecular complexity index is 918. The number of fused-ring (bicyclic) bond motifs is 2. The number of halogens is 1. The molecule has 4 N–H and O–H groups in total. The molecule has 0 bridgehead atoms. The summed E-state index contributed by atoms with van der Waals surface area (Å²) < 4.78 is 1.55. The zero-order valence-corrected chi connectivity index (χ0v) is 14.3. The number of pyridine rings is 2. The second-order valence-electron chi connectivity index (χ2n) is 6.54. The summed E-state index contributed by atoms with van der Waals surface area (Å²) in [5, 5.41) is 6.30. The number of nitrogens with two attached hydrogens (primary N) is 1. The summed E-state index contributed by atoms with van der Waals surface area (Å²) in [4.78, 5) is 29.5. The van der Waals surface area contributed by atoms with E-state index >= 15 is 0 Å². The smallest absolute Gasteiger partial charge is 0.276 e. The molecule has 2 aliphatic rings. The van der Waals surface area contributed by atoms with Crippen molar-refractivity contribution in [3.63, 3.8) is 0 Å². The largest absolute Gasteiger partial charge is 0.384 e. The van der Waals surface area contributed by atoms with Crippen LogP contribution in [0, 0.1) is 0 Å². The van der Waals surface area contributed by atoms with Gasteiger partial charge in [-0.05, 0) is 37.8 Å². The van der Waals surface area contributed by atoms with Gasteiger partial charge in [-0.25, -0.2) is 4.98 Å². The third kappa shape index (κ3) is 2.55. The van der Waals surface area contributed by atoms with E-state index in [1.807, 2.05) is 0 Å². The van der Waals surface area contributed by atoms with Crippen LogP contribution in [0.4, 0.5) is 17.2 Å². The average molecular weight is 360 g/mol. The highest BCUT2D eigenvalue weighted by atomic mass is 35.5. The number of nitrogens with one attached hydrogen (secondary N) is 2. The van der Waals surface area contributed by atoms with Gasteiger partial charge in [0.25, 0.3) is 11.5 Å². The second-order valence-corrected chi connectivity index (χ2v) is 6.94. The van der Waals surface area contributed by atoms with Crippen molar-refractivity contribution in [1.82, 2.24) is 14.9 Å². The maximum absolute atomic E-state index is 13.1. The molecular weight excluding hydrogens is 342 g/mol. The minimum Gasteiger partial charge on any atom is -0.384 e. The summed E-state index contributed by atoms with van der Waals surface area (Å²) in [6.07, 6.45) is 6.04. The first kappa shape index (κ1) is 16.0. The molecule has 1 saturated carbocycles. The van der Waals surface area contributed by atoms with Crippen LogP contribution in [-0.2, 0) is 5.66 Å². The summed E-state index contributed by atoms with van der Waals surface area (Å²) in [5.74, 6) is 0.0571. The number of rotatable bonds is 2. The van der Waals surface area contributed by atoms with Gasteiger partial charge < -0.3 is 16.4 Å². The van der Waals surface area contributed by atoms with Crippen molar-refractivity contribution in [2.45, 2.75) is 37.8 Å². The first-order chi connectivity index (χ1) is 12.0. The first-order valence-electron chi connectivity index (χ1n) is 8.27. The monoisotopic (exact) mass is 359 g/mol. The Hall–Kier alpha value is -2.54. The molecule has 130 valence electrons. The molecule has 0 unspecified atom stereocenters. The Morgan fingerprint density at radius 3 is 2.72 bits per heavy atom. The van der Waals surface area contributed by atoms with E-state index in [0.717, 1.165) is 32.1 Å². The van der Waals surface area contributed by atoms with Crippen LogP contribution in [0.1, 0.15) is 42.6 Å². The number of carbonyl (C=O) groups is 1. The highest BCUT2D eigenvalue weighted by Crippen LogP contribution is 2.38. The normalized spacial score (nSPS) is 18.0. The summed E-state index contributed by atoms with van der Waals surface area (Å²) in [7, 11) is 0. The quantitative estimate of drug-likeness (QED) is 0.764. The fraction of sp³-hybridized carbons (Fsp3) is 0.353. The molecule has 3 heterocycles. The van der Waals surface area contributed by atoms with Crippen LogP contribution >= 0.6 is 11.6 Å². The van der Waals surface area contributed by atoms with Crippen LogP contribution in [0.5, 0.6) is 0 Å². The predicted molar refractivity (Wildman–Crippen MR) is 96.2 cm³/mol. The molecule has 0 saturated heterocycles. The van der Waals surface area contributed by atoms with Gasteiger partial charge in [0.1, 0.15) is 22.9 Å². The van der Waals surface area contributed by atoms with Gasteiger partial charge in [0.15, 0.2) is 0 Å². The number of carbonyl (C=O) groups excluding carboxylic acids is 1. The molecule has 2 aromatic rings. The molecule has 1 aliphatic carbocycles. The summed E-state index contributed by atoms with van der Waals surface area (Å²) in [6.45, 7) is 0. The van der Waals surface area contributed by atoms with Gasteiger partial charge in [0.2, 0.25) is 0 Å². The van der Waals surface area contributed by atoms with Gasteiger partial charge in [-0.1, -0.05) is 18.0 Å². The third-order valence-electron chi connectivity index (χ3n) is 4.88. The molecule has 0 radical (unpaired) electrons. The Kier molecular flexibility index (Phi) is 3.68. The Morgan fingerprint density at radius 1 is 1.24 bits per heavy atom. The number of nitrogens with zero attached hydrogens (tertiary/aromatic N) is 2. The number of hydrogen-bond donors (Lipinski definition) is 3. The third-order valence-corrected chi connectivity index (χ3v) is 5.17. The summed E-state index contributed by atoms with van der Waals surface area (Å²) in [5.41, 5.74) is 5.94. The Balaban J connectivity index is 1.84. The SMILES string of the molecule is Nc1cc(Nc2cc(Cl)c3n(c2=O)C2(CCCCC2)NC3=O)ccn1. The molecule has 1 amide bonds. The minimum atomic E-state index is -0.666. The van der Waals surface area contributed by atoms with Crippen molar-refractivity contribution < 1.29 is 4.79 Å². The van der Waals surface area contributed by atoms with E-state index in [-0.39, 0.29) is 22.2 Å². The van der Waals surface area contributed by atoms with E-state index in [1.165, 1.54) is 6.07 Å². The number of hydrogen-bond acceptors (Lipinski definition) is 5. The molecule has 4 rings (SSSR count). The molecule has 2 aromatic heterocycles. The highest BCUT2D eigenvalue weighted by Gasteiger charge is 2.45. The van der Waals surface area contributed by atoms with Crippen molar-refractivity contribution in [1.29, 1.82) is 0 Å². The molecule has 25 heavy (non-hydrogen) atoms. The van der Waals surface area contributed by atoms with Crippen molar-refractivity contribution in [3.8, 4) is 0 Å². The van der Waals surface area contributed by atoms with E-state index in [4.69, 9.17) is 17.3 Å². The minimum absolute atomic E-state index is 0.244. The van der Waals surface area contributed by atoms with Gasteiger partial charge in [0, 0.05) is 18.0 Å². The number of nitrogen functional groups attached to an aromatic ring is 1. The van der Waals surface area contributed by atoms with Crippen LogP contribution in [-0.4, -0.2) is 15.5 Å². The number of amides is 1. The Labute approximate surface area is 149 Å². The lowest BCUT2D eigenvalue weighted by Gasteiger charge is -2.35. The van der Waals surface area contributed by atoms with Crippen molar-refractivity contribution in [3.05, 3.63) is 45.5 Å². The fourth-order valence-corrected chi connectivity index (χ4v) is 4.07. The Morgan fingerprint density at radius 2 is 2.00 bits per heavy atom. The number of anilines is 3. The van der Waals surface area contributed by atoms with E-state index in [9.17, 15) is 9.59 Å². The van der Waals surface area contributed by atoms with E-state index in [2.05, 4.69) is 15.6 Å². The van der Waals surface area contributed by atoms with Gasteiger partial charge in [-0.2, -0.15) is 0 Å². The van der Waals surface area contributed by atoms with Crippen molar-refractivity contribution in [2.24, 2.45) is 0 Å². The summed E-state index contributed by atoms with van der Waals surface area (Å²) >= 11 is 6.34.